The molecule has 1 aliphatic rings. The number of nitrogens with one attached hydrogen (secondary N) is 1. The molecule has 8 heteroatoms. The summed E-state index contributed by atoms with van der Waals surface area (Å²) in [6, 6.07) is 3.49. The maximum Gasteiger partial charge on any atom is 0.303 e. The van der Waals surface area contributed by atoms with Crippen LogP contribution in [0.4, 0.5) is 8.78 Å². The second kappa shape index (κ2) is 6.29. The normalized spacial score (nSPS) is 21.0. The summed E-state index contributed by atoms with van der Waals surface area (Å²) in [5.74, 6) is -3.50. The van der Waals surface area contributed by atoms with E-state index in [0.29, 0.717) is 0 Å². The number of carbonyl (C=O) groups excluding carboxylic acids is 1. The van der Waals surface area contributed by atoms with E-state index in [1.807, 2.05) is 4.72 Å². The molecule has 22 heavy (non-hydrogen) atoms. The van der Waals surface area contributed by atoms with Crippen molar-refractivity contribution in [3.63, 3.8) is 0 Å². The Labute approximate surface area is 128 Å². The van der Waals surface area contributed by atoms with Crippen LogP contribution in [0.3, 0.4) is 0 Å². The Kier molecular flexibility index (Phi) is 4.81. The Morgan fingerprint density at radius 3 is 2.32 bits per heavy atom. The lowest BCUT2D eigenvalue weighted by Crippen LogP contribution is -2.44. The Hall–Kier alpha value is -1.54. The third kappa shape index (κ3) is 3.27. The van der Waals surface area contributed by atoms with Gasteiger partial charge >= 0.3 is 10.2 Å². The van der Waals surface area contributed by atoms with Gasteiger partial charge in [0.05, 0.1) is 0 Å². The molecule has 0 radical (unpaired) electrons. The molecule has 1 aromatic rings. The number of hydrogen-bond donors (Lipinski definition) is 1. The fourth-order valence-electron chi connectivity index (χ4n) is 2.50. The van der Waals surface area contributed by atoms with Crippen LogP contribution < -0.4 is 4.72 Å². The summed E-state index contributed by atoms with van der Waals surface area (Å²) in [6.07, 6.45) is 0.234. The quantitative estimate of drug-likeness (QED) is 0.863. The van der Waals surface area contributed by atoms with Gasteiger partial charge in [0.15, 0.2) is 0 Å². The summed E-state index contributed by atoms with van der Waals surface area (Å²) in [7, 11) is -3.91. The first-order valence-corrected chi connectivity index (χ1v) is 8.51. The number of halogens is 2. The topological polar surface area (TPSA) is 66.5 Å². The maximum atomic E-state index is 13.7. The lowest BCUT2D eigenvalue weighted by atomic mass is 10.1. The monoisotopic (exact) mass is 332 g/mol. The molecule has 5 nitrogen and oxygen atoms in total. The smallest absolute Gasteiger partial charge is 0.274 e. The fourth-order valence-corrected chi connectivity index (χ4v) is 3.71. The summed E-state index contributed by atoms with van der Waals surface area (Å²) in [5.41, 5.74) is -0.150. The van der Waals surface area contributed by atoms with Crippen LogP contribution in [0.25, 0.3) is 0 Å². The van der Waals surface area contributed by atoms with E-state index >= 15 is 0 Å². The molecule has 0 aliphatic heterocycles. The van der Waals surface area contributed by atoms with Gasteiger partial charge in [-0.15, -0.1) is 0 Å². The van der Waals surface area contributed by atoms with Crippen LogP contribution in [0.2, 0.25) is 0 Å². The summed E-state index contributed by atoms with van der Waals surface area (Å²) in [4.78, 5) is 12.0. The molecule has 1 fully saturated rings. The summed E-state index contributed by atoms with van der Waals surface area (Å²) < 4.78 is 54.3. The summed E-state index contributed by atoms with van der Waals surface area (Å²) >= 11 is 0. The van der Waals surface area contributed by atoms with E-state index in [1.165, 1.54) is 6.07 Å². The highest BCUT2D eigenvalue weighted by atomic mass is 32.2. The van der Waals surface area contributed by atoms with Gasteiger partial charge in [0.1, 0.15) is 11.6 Å². The average molecular weight is 332 g/mol. The van der Waals surface area contributed by atoms with E-state index in [9.17, 15) is 22.0 Å². The second-order valence-electron chi connectivity index (χ2n) is 5.14. The van der Waals surface area contributed by atoms with Gasteiger partial charge in [-0.25, -0.2) is 13.5 Å². The molecule has 1 amide bonds. The number of hydrogen-bond acceptors (Lipinski definition) is 3. The minimum Gasteiger partial charge on any atom is -0.274 e. The molecule has 0 saturated heterocycles. The molecule has 0 heterocycles. The van der Waals surface area contributed by atoms with Crippen LogP contribution in [0, 0.1) is 17.6 Å². The Balaban J connectivity index is 2.08. The van der Waals surface area contributed by atoms with Crippen LogP contribution in [0.5, 0.6) is 0 Å². The minimum absolute atomic E-state index is 0.150. The predicted octanol–water partition coefficient (Wildman–Crippen LogP) is 1.77. The molecule has 1 saturated carbocycles. The summed E-state index contributed by atoms with van der Waals surface area (Å²) in [6.45, 7) is 3.77. The number of nitrogens with zero attached hydrogens (tertiary/aromatic N) is 1. The molecule has 0 aromatic heterocycles. The number of amides is 1. The highest BCUT2D eigenvalue weighted by Crippen LogP contribution is 2.49. The van der Waals surface area contributed by atoms with Crippen molar-refractivity contribution in [2.24, 2.45) is 5.92 Å². The van der Waals surface area contributed by atoms with E-state index in [1.54, 1.807) is 13.8 Å². The predicted molar refractivity (Wildman–Crippen MR) is 77.2 cm³/mol. The van der Waals surface area contributed by atoms with Crippen molar-refractivity contribution in [1.82, 2.24) is 9.03 Å². The molecule has 1 aromatic carbocycles. The van der Waals surface area contributed by atoms with Gasteiger partial charge in [-0.3, -0.25) is 4.79 Å². The SMILES string of the molecule is CCN(CC)S(=O)(=O)NC(=O)[C@@H]1C[C@H]1c1c(F)cccc1F. The molecule has 1 N–H and O–H groups in total. The molecular formula is C14H18F2N2O3S. The van der Waals surface area contributed by atoms with Crippen molar-refractivity contribution in [2.45, 2.75) is 26.2 Å². The lowest BCUT2D eigenvalue weighted by Gasteiger charge is -2.18. The van der Waals surface area contributed by atoms with Crippen molar-refractivity contribution >= 4 is 16.1 Å². The zero-order valence-corrected chi connectivity index (χ0v) is 13.2. The van der Waals surface area contributed by atoms with Gasteiger partial charge < -0.3 is 0 Å². The molecule has 0 spiro atoms. The van der Waals surface area contributed by atoms with Gasteiger partial charge in [-0.1, -0.05) is 19.9 Å². The highest BCUT2D eigenvalue weighted by molar-refractivity contribution is 7.87. The highest BCUT2D eigenvalue weighted by Gasteiger charge is 2.47. The number of benzene rings is 1. The van der Waals surface area contributed by atoms with Crippen molar-refractivity contribution in [3.8, 4) is 0 Å². The molecular weight excluding hydrogens is 314 g/mol. The van der Waals surface area contributed by atoms with Gasteiger partial charge in [0.2, 0.25) is 5.91 Å². The Bertz CT molecular complexity index is 654. The molecule has 1 aliphatic carbocycles. The van der Waals surface area contributed by atoms with Crippen molar-refractivity contribution in [1.29, 1.82) is 0 Å². The Morgan fingerprint density at radius 1 is 1.27 bits per heavy atom. The van der Waals surface area contributed by atoms with Crippen molar-refractivity contribution in [3.05, 3.63) is 35.4 Å². The molecule has 0 bridgehead atoms. The first-order chi connectivity index (χ1) is 10.3. The zero-order chi connectivity index (χ0) is 16.5. The van der Waals surface area contributed by atoms with E-state index < -0.39 is 39.6 Å². The van der Waals surface area contributed by atoms with E-state index in [0.717, 1.165) is 16.4 Å². The third-order valence-electron chi connectivity index (χ3n) is 3.77. The zero-order valence-electron chi connectivity index (χ0n) is 12.3. The third-order valence-corrected chi connectivity index (χ3v) is 5.43. The molecule has 122 valence electrons. The van der Waals surface area contributed by atoms with E-state index in [2.05, 4.69) is 0 Å². The maximum absolute atomic E-state index is 13.7. The Morgan fingerprint density at radius 2 is 1.82 bits per heavy atom. The van der Waals surface area contributed by atoms with Crippen LogP contribution in [-0.2, 0) is 15.0 Å². The fraction of sp³-hybridized carbons (Fsp3) is 0.500. The molecule has 2 rings (SSSR count). The van der Waals surface area contributed by atoms with Crippen molar-refractivity contribution < 1.29 is 22.0 Å². The van der Waals surface area contributed by atoms with Gasteiger partial charge in [0.25, 0.3) is 0 Å². The van der Waals surface area contributed by atoms with Crippen molar-refractivity contribution in [2.75, 3.05) is 13.1 Å². The van der Waals surface area contributed by atoms with Gasteiger partial charge in [-0.05, 0) is 18.6 Å². The van der Waals surface area contributed by atoms with E-state index in [4.69, 9.17) is 0 Å². The van der Waals surface area contributed by atoms with Gasteiger partial charge in [-0.2, -0.15) is 12.7 Å². The standard InChI is InChI=1S/C14H18F2N2O3S/c1-3-18(4-2)22(20,21)17-14(19)10-8-9(10)13-11(15)6-5-7-12(13)16/h5-7,9-10H,3-4,8H2,1-2H3,(H,17,19)/t9-,10-/m1/s1. The first kappa shape index (κ1) is 16.8. The number of rotatable bonds is 6. The average Bonchev–Trinajstić information content (AvgIpc) is 3.19. The summed E-state index contributed by atoms with van der Waals surface area (Å²) in [5, 5.41) is 0. The lowest BCUT2D eigenvalue weighted by molar-refractivity contribution is -0.120. The minimum atomic E-state index is -3.91. The van der Waals surface area contributed by atoms with Gasteiger partial charge in [0, 0.05) is 30.5 Å². The molecule has 2 atom stereocenters. The van der Waals surface area contributed by atoms with Crippen LogP contribution >= 0.6 is 0 Å². The number of carbonyl (C=O) groups is 1. The second-order valence-corrected chi connectivity index (χ2v) is 6.81. The van der Waals surface area contributed by atoms with Crippen LogP contribution in [0.1, 0.15) is 31.7 Å². The largest absolute Gasteiger partial charge is 0.303 e. The van der Waals surface area contributed by atoms with E-state index in [-0.39, 0.29) is 25.1 Å². The van der Waals surface area contributed by atoms with Crippen LogP contribution in [0.15, 0.2) is 18.2 Å². The first-order valence-electron chi connectivity index (χ1n) is 7.07. The molecule has 0 unspecified atom stereocenters. The van der Waals surface area contributed by atoms with Crippen LogP contribution in [-0.4, -0.2) is 31.7 Å².